The Balaban J connectivity index is 1.95. The van der Waals surface area contributed by atoms with Crippen molar-refractivity contribution < 1.29 is 18.7 Å². The number of alkyl halides is 1. The van der Waals surface area contributed by atoms with Crippen molar-refractivity contribution in [1.82, 2.24) is 4.90 Å². The molecule has 1 atom stereocenters. The van der Waals surface area contributed by atoms with Crippen LogP contribution in [0.15, 0.2) is 35.4 Å². The molecule has 0 aliphatic carbocycles. The Labute approximate surface area is 152 Å². The molecule has 1 heterocycles. The molecule has 2 rings (SSSR count). The summed E-state index contributed by atoms with van der Waals surface area (Å²) in [6.45, 7) is 1.99. The van der Waals surface area contributed by atoms with Crippen LogP contribution in [0.25, 0.3) is 10.4 Å². The molecule has 0 saturated carbocycles. The highest BCUT2D eigenvalue weighted by atomic mass is 19.2. The van der Waals surface area contributed by atoms with Gasteiger partial charge < -0.3 is 14.4 Å². The summed E-state index contributed by atoms with van der Waals surface area (Å²) in [6.07, 6.45) is 2.79. The van der Waals surface area contributed by atoms with Crippen LogP contribution in [-0.2, 0) is 9.53 Å². The predicted molar refractivity (Wildman–Crippen MR) is 95.4 cm³/mol. The average molecular weight is 364 g/mol. The zero-order valence-corrected chi connectivity index (χ0v) is 14.8. The number of nitrogens with zero attached hydrogens (tertiary/aromatic N) is 4. The molecule has 142 valence electrons. The van der Waals surface area contributed by atoms with Crippen LogP contribution in [0, 0.1) is 0 Å². The third-order valence-corrected chi connectivity index (χ3v) is 4.21. The van der Waals surface area contributed by atoms with Crippen molar-refractivity contribution in [2.45, 2.75) is 38.0 Å². The van der Waals surface area contributed by atoms with Crippen LogP contribution >= 0.6 is 0 Å². The molecule has 26 heavy (non-hydrogen) atoms. The second-order valence-corrected chi connectivity index (χ2v) is 6.17. The maximum Gasteiger partial charge on any atom is 0.326 e. The van der Waals surface area contributed by atoms with Gasteiger partial charge in [0.2, 0.25) is 0 Å². The second-order valence-electron chi connectivity index (χ2n) is 6.17. The standard InChI is InChI=1S/C18H25FN4O3/c19-18(26-16-8-4-3-5-9-16,10-6-1-2-7-11-21-22-20)17(24)23-12-14-25-15-13-23/h3-5,8-9H,1-2,6-7,10-15H2. The van der Waals surface area contributed by atoms with Crippen LogP contribution in [0.1, 0.15) is 32.1 Å². The van der Waals surface area contributed by atoms with E-state index < -0.39 is 11.8 Å². The minimum atomic E-state index is -2.39. The van der Waals surface area contributed by atoms with E-state index in [1.54, 1.807) is 30.3 Å². The van der Waals surface area contributed by atoms with Gasteiger partial charge in [0, 0.05) is 31.0 Å². The van der Waals surface area contributed by atoms with Gasteiger partial charge in [-0.1, -0.05) is 36.2 Å². The number of azide groups is 1. The summed E-state index contributed by atoms with van der Waals surface area (Å²) in [5.41, 5.74) is 8.24. The van der Waals surface area contributed by atoms with Crippen LogP contribution in [-0.4, -0.2) is 49.5 Å². The summed E-state index contributed by atoms with van der Waals surface area (Å²) in [6, 6.07) is 8.57. The molecular formula is C18H25FN4O3. The number of rotatable bonds is 10. The van der Waals surface area contributed by atoms with Gasteiger partial charge >= 0.3 is 5.85 Å². The smallest absolute Gasteiger partial charge is 0.326 e. The molecule has 1 aliphatic rings. The first-order valence-corrected chi connectivity index (χ1v) is 8.97. The number of benzene rings is 1. The molecule has 1 amide bonds. The molecule has 0 radical (unpaired) electrons. The van der Waals surface area contributed by atoms with Crippen LogP contribution in [0.3, 0.4) is 0 Å². The van der Waals surface area contributed by atoms with Gasteiger partial charge in [-0.15, -0.1) is 0 Å². The van der Waals surface area contributed by atoms with Crippen LogP contribution < -0.4 is 4.74 Å². The van der Waals surface area contributed by atoms with Crippen molar-refractivity contribution in [3.05, 3.63) is 40.8 Å². The summed E-state index contributed by atoms with van der Waals surface area (Å²) in [5.74, 6) is -2.69. The lowest BCUT2D eigenvalue weighted by Gasteiger charge is -2.34. The second kappa shape index (κ2) is 10.6. The highest BCUT2D eigenvalue weighted by Gasteiger charge is 2.44. The minimum Gasteiger partial charge on any atom is -0.450 e. The number of halogens is 1. The van der Waals surface area contributed by atoms with E-state index in [9.17, 15) is 4.79 Å². The van der Waals surface area contributed by atoms with Gasteiger partial charge in [0.25, 0.3) is 5.91 Å². The topological polar surface area (TPSA) is 87.5 Å². The van der Waals surface area contributed by atoms with E-state index in [1.165, 1.54) is 4.90 Å². The maximum absolute atomic E-state index is 15.6. The number of para-hydroxylation sites is 1. The van der Waals surface area contributed by atoms with Gasteiger partial charge in [-0.25, -0.2) is 0 Å². The number of amides is 1. The quantitative estimate of drug-likeness (QED) is 0.273. The van der Waals surface area contributed by atoms with Crippen LogP contribution in [0.5, 0.6) is 5.75 Å². The number of morpholine rings is 1. The third-order valence-electron chi connectivity index (χ3n) is 4.21. The molecule has 0 aromatic heterocycles. The fourth-order valence-electron chi connectivity index (χ4n) is 2.81. The molecule has 1 saturated heterocycles. The van der Waals surface area contributed by atoms with E-state index in [4.69, 9.17) is 15.0 Å². The number of hydrogen-bond donors (Lipinski definition) is 0. The van der Waals surface area contributed by atoms with Gasteiger partial charge in [0.15, 0.2) is 0 Å². The molecule has 0 bridgehead atoms. The first-order valence-electron chi connectivity index (χ1n) is 8.97. The van der Waals surface area contributed by atoms with Gasteiger partial charge in [0.05, 0.1) is 13.2 Å². The first-order chi connectivity index (χ1) is 12.7. The number of hydrogen-bond acceptors (Lipinski definition) is 4. The molecule has 1 aromatic carbocycles. The lowest BCUT2D eigenvalue weighted by molar-refractivity contribution is -0.171. The molecule has 8 heteroatoms. The Morgan fingerprint density at radius 2 is 1.92 bits per heavy atom. The molecule has 1 unspecified atom stereocenters. The van der Waals surface area contributed by atoms with Crippen molar-refractivity contribution in [2.24, 2.45) is 5.11 Å². The summed E-state index contributed by atoms with van der Waals surface area (Å²) in [5, 5.41) is 3.47. The third kappa shape index (κ3) is 6.20. The van der Waals surface area contributed by atoms with Gasteiger partial charge in [-0.2, -0.15) is 4.39 Å². The molecule has 0 N–H and O–H groups in total. The van der Waals surface area contributed by atoms with Gasteiger partial charge in [0.1, 0.15) is 5.75 Å². The first kappa shape index (κ1) is 20.0. The zero-order valence-electron chi connectivity index (χ0n) is 14.8. The fourth-order valence-corrected chi connectivity index (χ4v) is 2.81. The van der Waals surface area contributed by atoms with Crippen molar-refractivity contribution in [3.8, 4) is 5.75 Å². The van der Waals surface area contributed by atoms with Crippen molar-refractivity contribution >= 4 is 5.91 Å². The molecule has 7 nitrogen and oxygen atoms in total. The van der Waals surface area contributed by atoms with Crippen molar-refractivity contribution in [3.63, 3.8) is 0 Å². The Bertz CT molecular complexity index is 604. The fraction of sp³-hybridized carbons (Fsp3) is 0.611. The highest BCUT2D eigenvalue weighted by molar-refractivity contribution is 5.84. The summed E-state index contributed by atoms with van der Waals surface area (Å²) >= 11 is 0. The van der Waals surface area contributed by atoms with E-state index in [-0.39, 0.29) is 6.42 Å². The number of ether oxygens (including phenoxy) is 2. The number of carbonyl (C=O) groups is 1. The van der Waals surface area contributed by atoms with E-state index >= 15 is 4.39 Å². The Morgan fingerprint density at radius 1 is 1.23 bits per heavy atom. The molecular weight excluding hydrogens is 339 g/mol. The SMILES string of the molecule is [N-]=[N+]=NCCCCCCC(F)(Oc1ccccc1)C(=O)N1CCOCC1. The maximum atomic E-state index is 15.6. The Morgan fingerprint density at radius 3 is 2.62 bits per heavy atom. The zero-order chi connectivity index (χ0) is 18.7. The molecule has 0 spiro atoms. The van der Waals surface area contributed by atoms with E-state index in [2.05, 4.69) is 10.0 Å². The van der Waals surface area contributed by atoms with E-state index in [1.807, 2.05) is 0 Å². The summed E-state index contributed by atoms with van der Waals surface area (Å²) in [7, 11) is 0. The number of unbranched alkanes of at least 4 members (excludes halogenated alkanes) is 3. The highest BCUT2D eigenvalue weighted by Crippen LogP contribution is 2.28. The van der Waals surface area contributed by atoms with Crippen molar-refractivity contribution in [2.75, 3.05) is 32.8 Å². The molecule has 1 fully saturated rings. The van der Waals surface area contributed by atoms with Gasteiger partial charge in [-0.05, 0) is 30.5 Å². The monoisotopic (exact) mass is 364 g/mol. The van der Waals surface area contributed by atoms with E-state index in [0.717, 1.165) is 19.3 Å². The van der Waals surface area contributed by atoms with E-state index in [0.29, 0.717) is 45.0 Å². The summed E-state index contributed by atoms with van der Waals surface area (Å²) < 4.78 is 26.3. The largest absolute Gasteiger partial charge is 0.450 e. The van der Waals surface area contributed by atoms with Crippen molar-refractivity contribution in [1.29, 1.82) is 0 Å². The lowest BCUT2D eigenvalue weighted by Crippen LogP contribution is -2.53. The predicted octanol–water partition coefficient (Wildman–Crippen LogP) is 3.85. The van der Waals surface area contributed by atoms with Crippen LogP contribution in [0.2, 0.25) is 0 Å². The Hall–Kier alpha value is -2.31. The minimum absolute atomic E-state index is 0.0143. The normalized spacial score (nSPS) is 16.4. The number of carbonyl (C=O) groups excluding carboxylic acids is 1. The lowest BCUT2D eigenvalue weighted by atomic mass is 10.1. The summed E-state index contributed by atoms with van der Waals surface area (Å²) in [4.78, 5) is 16.9. The van der Waals surface area contributed by atoms with Gasteiger partial charge in [-0.3, -0.25) is 4.79 Å². The van der Waals surface area contributed by atoms with Crippen LogP contribution in [0.4, 0.5) is 4.39 Å². The average Bonchev–Trinajstić information content (AvgIpc) is 2.68. The molecule has 1 aromatic rings. The molecule has 1 aliphatic heterocycles. The Kier molecular flexibility index (Phi) is 8.18.